The number of rotatable bonds is 7. The van der Waals surface area contributed by atoms with Crippen molar-refractivity contribution in [3.8, 4) is 0 Å². The zero-order valence-corrected chi connectivity index (χ0v) is 14.7. The predicted octanol–water partition coefficient (Wildman–Crippen LogP) is 3.11. The van der Waals surface area contributed by atoms with Crippen LogP contribution in [-0.2, 0) is 16.0 Å². The zero-order chi connectivity index (χ0) is 18.5. The molecule has 1 aromatic carbocycles. The quantitative estimate of drug-likeness (QED) is 0.795. The van der Waals surface area contributed by atoms with Gasteiger partial charge in [-0.3, -0.25) is 9.59 Å². The molecule has 1 aliphatic rings. The number of aliphatic carboxylic acids is 1. The highest BCUT2D eigenvalue weighted by molar-refractivity contribution is 5.97. The van der Waals surface area contributed by atoms with Gasteiger partial charge in [-0.1, -0.05) is 30.3 Å². The molecule has 1 amide bonds. The number of benzene rings is 1. The van der Waals surface area contributed by atoms with Crippen LogP contribution >= 0.6 is 0 Å². The van der Waals surface area contributed by atoms with Crippen molar-refractivity contribution in [2.24, 2.45) is 5.92 Å². The first-order valence-electron chi connectivity index (χ1n) is 8.77. The first kappa shape index (κ1) is 18.2. The van der Waals surface area contributed by atoms with Crippen molar-refractivity contribution in [2.45, 2.75) is 32.2 Å². The third-order valence-corrected chi connectivity index (χ3v) is 4.69. The van der Waals surface area contributed by atoms with E-state index in [1.54, 1.807) is 6.92 Å². The number of amides is 1. The van der Waals surface area contributed by atoms with E-state index < -0.39 is 5.97 Å². The first-order chi connectivity index (χ1) is 12.5. The summed E-state index contributed by atoms with van der Waals surface area (Å²) in [5.41, 5.74) is 1.97. The van der Waals surface area contributed by atoms with Crippen LogP contribution in [-0.4, -0.2) is 30.2 Å². The Morgan fingerprint density at radius 3 is 2.73 bits per heavy atom. The molecule has 0 spiro atoms. The molecule has 138 valence electrons. The molecule has 6 heteroatoms. The van der Waals surface area contributed by atoms with Gasteiger partial charge in [-0.25, -0.2) is 0 Å². The number of hydrogen-bond acceptors (Lipinski definition) is 4. The fraction of sp³-hybridized carbons (Fsp3) is 0.400. The number of furan rings is 1. The lowest BCUT2D eigenvalue weighted by Gasteiger charge is -2.22. The van der Waals surface area contributed by atoms with Crippen molar-refractivity contribution in [3.05, 3.63) is 59.0 Å². The number of ether oxygens (including phenoxy) is 1. The summed E-state index contributed by atoms with van der Waals surface area (Å²) in [5, 5.41) is 12.1. The Morgan fingerprint density at radius 2 is 2.08 bits per heavy atom. The van der Waals surface area contributed by atoms with Crippen LogP contribution in [0.15, 0.2) is 41.0 Å². The normalized spacial score (nSPS) is 17.8. The number of carbonyl (C=O) groups excluding carboxylic acids is 1. The molecule has 0 radical (unpaired) electrons. The van der Waals surface area contributed by atoms with Crippen molar-refractivity contribution in [1.29, 1.82) is 0 Å². The number of hydrogen-bond donors (Lipinski definition) is 2. The molecule has 1 saturated heterocycles. The number of nitrogens with one attached hydrogen (secondary N) is 1. The standard InChI is InChI=1S/C20H23NO5/c1-13-11-26-17(10-18(22)23)19(13)20(24)21-16(9-14-7-8-25-12-14)15-5-3-2-4-6-15/h2-6,11,14,16H,7-10,12H2,1H3,(H,21,24)(H,22,23). The lowest BCUT2D eigenvalue weighted by atomic mass is 9.93. The van der Waals surface area contributed by atoms with E-state index in [1.165, 1.54) is 6.26 Å². The van der Waals surface area contributed by atoms with Gasteiger partial charge in [0, 0.05) is 18.8 Å². The molecule has 1 aromatic heterocycles. The van der Waals surface area contributed by atoms with E-state index in [1.807, 2.05) is 30.3 Å². The van der Waals surface area contributed by atoms with Crippen LogP contribution in [0.5, 0.6) is 0 Å². The summed E-state index contributed by atoms with van der Waals surface area (Å²) in [6, 6.07) is 9.63. The molecule has 6 nitrogen and oxygen atoms in total. The van der Waals surface area contributed by atoms with E-state index in [4.69, 9.17) is 14.3 Å². The van der Waals surface area contributed by atoms with Crippen LogP contribution in [0, 0.1) is 12.8 Å². The van der Waals surface area contributed by atoms with Crippen LogP contribution in [0.2, 0.25) is 0 Å². The van der Waals surface area contributed by atoms with Crippen molar-refractivity contribution in [1.82, 2.24) is 5.32 Å². The van der Waals surface area contributed by atoms with E-state index in [0.29, 0.717) is 23.7 Å². The van der Waals surface area contributed by atoms with Gasteiger partial charge in [-0.2, -0.15) is 0 Å². The van der Waals surface area contributed by atoms with E-state index in [9.17, 15) is 9.59 Å². The van der Waals surface area contributed by atoms with E-state index in [-0.39, 0.29) is 24.1 Å². The molecule has 1 fully saturated rings. The van der Waals surface area contributed by atoms with Gasteiger partial charge >= 0.3 is 5.97 Å². The summed E-state index contributed by atoms with van der Waals surface area (Å²) in [4.78, 5) is 23.9. The van der Waals surface area contributed by atoms with Gasteiger partial charge < -0.3 is 19.6 Å². The molecule has 0 saturated carbocycles. The average Bonchev–Trinajstić information content (AvgIpc) is 3.24. The Hall–Kier alpha value is -2.60. The van der Waals surface area contributed by atoms with Crippen molar-refractivity contribution >= 4 is 11.9 Å². The van der Waals surface area contributed by atoms with Crippen LogP contribution < -0.4 is 5.32 Å². The van der Waals surface area contributed by atoms with Gasteiger partial charge in [-0.05, 0) is 31.2 Å². The number of carbonyl (C=O) groups is 2. The minimum absolute atomic E-state index is 0.164. The molecule has 1 aliphatic heterocycles. The second-order valence-corrected chi connectivity index (χ2v) is 6.69. The zero-order valence-electron chi connectivity index (χ0n) is 14.7. The van der Waals surface area contributed by atoms with Gasteiger partial charge in [0.25, 0.3) is 5.91 Å². The lowest BCUT2D eigenvalue weighted by Crippen LogP contribution is -2.31. The van der Waals surface area contributed by atoms with E-state index in [2.05, 4.69) is 5.32 Å². The maximum Gasteiger partial charge on any atom is 0.311 e. The van der Waals surface area contributed by atoms with Crippen molar-refractivity contribution in [3.63, 3.8) is 0 Å². The molecule has 2 aromatic rings. The molecule has 2 heterocycles. The highest BCUT2D eigenvalue weighted by Crippen LogP contribution is 2.27. The minimum Gasteiger partial charge on any atom is -0.481 e. The van der Waals surface area contributed by atoms with Gasteiger partial charge in [0.05, 0.1) is 17.9 Å². The van der Waals surface area contributed by atoms with Crippen molar-refractivity contribution in [2.75, 3.05) is 13.2 Å². The van der Waals surface area contributed by atoms with Crippen LogP contribution in [0.25, 0.3) is 0 Å². The highest BCUT2D eigenvalue weighted by Gasteiger charge is 2.26. The summed E-state index contributed by atoms with van der Waals surface area (Å²) in [6.45, 7) is 3.20. The Kier molecular flexibility index (Phi) is 5.73. The Morgan fingerprint density at radius 1 is 1.31 bits per heavy atom. The summed E-state index contributed by atoms with van der Waals surface area (Å²) in [6.07, 6.45) is 2.87. The van der Waals surface area contributed by atoms with Crippen molar-refractivity contribution < 1.29 is 23.8 Å². The predicted molar refractivity (Wildman–Crippen MR) is 95.0 cm³/mol. The average molecular weight is 357 g/mol. The maximum absolute atomic E-state index is 12.9. The van der Waals surface area contributed by atoms with Gasteiger partial charge in [-0.15, -0.1) is 0 Å². The third kappa shape index (κ3) is 4.32. The van der Waals surface area contributed by atoms with Gasteiger partial charge in [0.2, 0.25) is 0 Å². The monoisotopic (exact) mass is 357 g/mol. The number of aryl methyl sites for hydroxylation is 1. The Balaban J connectivity index is 1.81. The first-order valence-corrected chi connectivity index (χ1v) is 8.77. The van der Waals surface area contributed by atoms with Crippen LogP contribution in [0.1, 0.15) is 46.1 Å². The van der Waals surface area contributed by atoms with Crippen LogP contribution in [0.4, 0.5) is 0 Å². The van der Waals surface area contributed by atoms with Gasteiger partial charge in [0.1, 0.15) is 12.2 Å². The topological polar surface area (TPSA) is 88.8 Å². The maximum atomic E-state index is 12.9. The Bertz CT molecular complexity index is 762. The number of carboxylic acid groups (broad SMARTS) is 1. The molecular formula is C20H23NO5. The van der Waals surface area contributed by atoms with Crippen LogP contribution in [0.3, 0.4) is 0 Å². The molecule has 2 unspecified atom stereocenters. The molecule has 3 rings (SSSR count). The molecule has 2 N–H and O–H groups in total. The fourth-order valence-corrected chi connectivity index (χ4v) is 3.37. The lowest BCUT2D eigenvalue weighted by molar-refractivity contribution is -0.136. The molecule has 26 heavy (non-hydrogen) atoms. The van der Waals surface area contributed by atoms with E-state index in [0.717, 1.165) is 25.0 Å². The smallest absolute Gasteiger partial charge is 0.311 e. The minimum atomic E-state index is -1.03. The largest absolute Gasteiger partial charge is 0.481 e. The highest BCUT2D eigenvalue weighted by atomic mass is 16.5. The molecule has 0 bridgehead atoms. The fourth-order valence-electron chi connectivity index (χ4n) is 3.37. The second kappa shape index (κ2) is 8.19. The molecular weight excluding hydrogens is 334 g/mol. The molecule has 0 aliphatic carbocycles. The number of carboxylic acids is 1. The second-order valence-electron chi connectivity index (χ2n) is 6.69. The summed E-state index contributed by atoms with van der Waals surface area (Å²) < 4.78 is 10.7. The summed E-state index contributed by atoms with van der Waals surface area (Å²) in [7, 11) is 0. The SMILES string of the molecule is Cc1coc(CC(=O)O)c1C(=O)NC(CC1CCOC1)c1ccccc1. The summed E-state index contributed by atoms with van der Waals surface area (Å²) >= 11 is 0. The molecule has 2 atom stereocenters. The Labute approximate surface area is 152 Å². The summed E-state index contributed by atoms with van der Waals surface area (Å²) in [5.74, 6) is -0.760. The van der Waals surface area contributed by atoms with E-state index >= 15 is 0 Å². The third-order valence-electron chi connectivity index (χ3n) is 4.69. The van der Waals surface area contributed by atoms with Gasteiger partial charge in [0.15, 0.2) is 0 Å².